The van der Waals surface area contributed by atoms with Crippen LogP contribution >= 0.6 is 0 Å². The van der Waals surface area contributed by atoms with E-state index in [0.717, 1.165) is 23.6 Å². The van der Waals surface area contributed by atoms with E-state index in [2.05, 4.69) is 5.10 Å². The van der Waals surface area contributed by atoms with Crippen LogP contribution in [0.25, 0.3) is 0 Å². The molecule has 0 aliphatic rings. The van der Waals surface area contributed by atoms with Gasteiger partial charge in [-0.05, 0) is 19.1 Å². The Labute approximate surface area is 100 Å². The van der Waals surface area contributed by atoms with E-state index in [4.69, 9.17) is 4.42 Å². The standard InChI is InChI=1S/C13H16N2O2/c1-4-13-11(5-6-17-13)12(16)8-10-7-9(2)14-15(10)3/h5-7H,4,8H2,1-3H3. The summed E-state index contributed by atoms with van der Waals surface area (Å²) in [6, 6.07) is 3.67. The number of hydrogen-bond donors (Lipinski definition) is 0. The monoisotopic (exact) mass is 232 g/mol. The van der Waals surface area contributed by atoms with Crippen molar-refractivity contribution in [1.29, 1.82) is 0 Å². The van der Waals surface area contributed by atoms with Gasteiger partial charge in [-0.1, -0.05) is 6.92 Å². The number of hydrogen-bond acceptors (Lipinski definition) is 3. The van der Waals surface area contributed by atoms with E-state index in [0.29, 0.717) is 12.0 Å². The fourth-order valence-electron chi connectivity index (χ4n) is 1.95. The molecule has 0 saturated heterocycles. The second-order valence-electron chi connectivity index (χ2n) is 4.11. The lowest BCUT2D eigenvalue weighted by atomic mass is 10.1. The van der Waals surface area contributed by atoms with Gasteiger partial charge in [-0.2, -0.15) is 5.10 Å². The van der Waals surface area contributed by atoms with Gasteiger partial charge >= 0.3 is 0 Å². The molecular formula is C13H16N2O2. The SMILES string of the molecule is CCc1occc1C(=O)Cc1cc(C)nn1C. The van der Waals surface area contributed by atoms with E-state index in [9.17, 15) is 4.79 Å². The molecule has 0 radical (unpaired) electrons. The predicted octanol–water partition coefficient (Wildman–Crippen LogP) is 2.31. The van der Waals surface area contributed by atoms with Gasteiger partial charge in [0.15, 0.2) is 5.78 Å². The lowest BCUT2D eigenvalue weighted by molar-refractivity contribution is 0.0989. The number of carbonyl (C=O) groups excluding carboxylic acids is 1. The van der Waals surface area contributed by atoms with Crippen LogP contribution in [0.15, 0.2) is 22.8 Å². The first-order valence-corrected chi connectivity index (χ1v) is 5.71. The lowest BCUT2D eigenvalue weighted by Gasteiger charge is -2.01. The summed E-state index contributed by atoms with van der Waals surface area (Å²) in [5, 5.41) is 4.23. The highest BCUT2D eigenvalue weighted by molar-refractivity contribution is 5.98. The molecule has 0 saturated carbocycles. The van der Waals surface area contributed by atoms with Crippen molar-refractivity contribution in [2.45, 2.75) is 26.7 Å². The molecule has 0 bridgehead atoms. The second kappa shape index (κ2) is 4.57. The van der Waals surface area contributed by atoms with Crippen LogP contribution < -0.4 is 0 Å². The van der Waals surface area contributed by atoms with Crippen LogP contribution in [-0.4, -0.2) is 15.6 Å². The lowest BCUT2D eigenvalue weighted by Crippen LogP contribution is -2.08. The van der Waals surface area contributed by atoms with Crippen molar-refractivity contribution in [3.8, 4) is 0 Å². The van der Waals surface area contributed by atoms with E-state index < -0.39 is 0 Å². The number of aromatic nitrogens is 2. The molecule has 0 N–H and O–H groups in total. The number of aryl methyl sites for hydroxylation is 3. The van der Waals surface area contributed by atoms with Gasteiger partial charge in [-0.3, -0.25) is 9.48 Å². The topological polar surface area (TPSA) is 48.0 Å². The first-order chi connectivity index (χ1) is 8.11. The van der Waals surface area contributed by atoms with Crippen molar-refractivity contribution in [1.82, 2.24) is 9.78 Å². The van der Waals surface area contributed by atoms with Crippen molar-refractivity contribution < 1.29 is 9.21 Å². The minimum absolute atomic E-state index is 0.0820. The molecule has 90 valence electrons. The molecule has 0 aromatic carbocycles. The zero-order chi connectivity index (χ0) is 12.4. The third-order valence-corrected chi connectivity index (χ3v) is 2.81. The molecule has 0 spiro atoms. The molecular weight excluding hydrogens is 216 g/mol. The van der Waals surface area contributed by atoms with Crippen molar-refractivity contribution >= 4 is 5.78 Å². The van der Waals surface area contributed by atoms with Gasteiger partial charge in [0, 0.05) is 19.2 Å². The zero-order valence-corrected chi connectivity index (χ0v) is 10.4. The summed E-state index contributed by atoms with van der Waals surface area (Å²) in [4.78, 5) is 12.1. The Bertz CT molecular complexity index is 537. The molecule has 0 fully saturated rings. The van der Waals surface area contributed by atoms with E-state index >= 15 is 0 Å². The van der Waals surface area contributed by atoms with Crippen molar-refractivity contribution in [2.75, 3.05) is 0 Å². The van der Waals surface area contributed by atoms with Gasteiger partial charge in [0.05, 0.1) is 23.9 Å². The van der Waals surface area contributed by atoms with E-state index in [-0.39, 0.29) is 5.78 Å². The fourth-order valence-corrected chi connectivity index (χ4v) is 1.95. The normalized spacial score (nSPS) is 10.8. The molecule has 17 heavy (non-hydrogen) atoms. The van der Waals surface area contributed by atoms with Crippen molar-refractivity contribution in [3.05, 3.63) is 41.1 Å². The Morgan fingerprint density at radius 1 is 1.53 bits per heavy atom. The van der Waals surface area contributed by atoms with E-state index in [1.54, 1.807) is 17.0 Å². The van der Waals surface area contributed by atoms with Crippen LogP contribution in [0, 0.1) is 6.92 Å². The maximum atomic E-state index is 12.1. The van der Waals surface area contributed by atoms with Gasteiger partial charge in [-0.25, -0.2) is 0 Å². The molecule has 2 rings (SSSR count). The maximum Gasteiger partial charge on any atom is 0.172 e. The van der Waals surface area contributed by atoms with Crippen LogP contribution in [0.4, 0.5) is 0 Å². The Morgan fingerprint density at radius 2 is 2.29 bits per heavy atom. The van der Waals surface area contributed by atoms with Crippen LogP contribution in [0.5, 0.6) is 0 Å². The first-order valence-electron chi connectivity index (χ1n) is 5.71. The zero-order valence-electron chi connectivity index (χ0n) is 10.4. The molecule has 0 amide bonds. The summed E-state index contributed by atoms with van der Waals surface area (Å²) in [7, 11) is 1.85. The van der Waals surface area contributed by atoms with Crippen LogP contribution in [0.2, 0.25) is 0 Å². The average Bonchev–Trinajstić information content (AvgIpc) is 2.85. The summed E-state index contributed by atoms with van der Waals surface area (Å²) >= 11 is 0. The first kappa shape index (κ1) is 11.6. The largest absolute Gasteiger partial charge is 0.469 e. The van der Waals surface area contributed by atoms with E-state index in [1.165, 1.54) is 0 Å². The third-order valence-electron chi connectivity index (χ3n) is 2.81. The van der Waals surface area contributed by atoms with Crippen LogP contribution in [-0.2, 0) is 19.9 Å². The summed E-state index contributed by atoms with van der Waals surface area (Å²) in [6.45, 7) is 3.90. The average molecular weight is 232 g/mol. The summed E-state index contributed by atoms with van der Waals surface area (Å²) in [6.07, 6.45) is 2.67. The number of nitrogens with zero attached hydrogens (tertiary/aromatic N) is 2. The number of rotatable bonds is 4. The Morgan fingerprint density at radius 3 is 2.88 bits per heavy atom. The molecule has 2 aromatic rings. The summed E-state index contributed by atoms with van der Waals surface area (Å²) in [5.41, 5.74) is 2.54. The molecule has 2 aromatic heterocycles. The Hall–Kier alpha value is -1.84. The molecule has 0 atom stereocenters. The number of ketones is 1. The van der Waals surface area contributed by atoms with Crippen molar-refractivity contribution in [3.63, 3.8) is 0 Å². The Kier molecular flexibility index (Phi) is 3.13. The highest BCUT2D eigenvalue weighted by Crippen LogP contribution is 2.15. The highest BCUT2D eigenvalue weighted by Gasteiger charge is 2.15. The fraction of sp³-hybridized carbons (Fsp3) is 0.385. The van der Waals surface area contributed by atoms with Crippen LogP contribution in [0.3, 0.4) is 0 Å². The minimum Gasteiger partial charge on any atom is -0.469 e. The summed E-state index contributed by atoms with van der Waals surface area (Å²) < 4.78 is 7.01. The molecule has 2 heterocycles. The number of carbonyl (C=O) groups is 1. The van der Waals surface area contributed by atoms with E-state index in [1.807, 2.05) is 27.0 Å². The molecule has 0 aliphatic heterocycles. The Balaban J connectivity index is 2.20. The summed E-state index contributed by atoms with van der Waals surface area (Å²) in [5.74, 6) is 0.840. The maximum absolute atomic E-state index is 12.1. The molecule has 0 unspecified atom stereocenters. The smallest absolute Gasteiger partial charge is 0.172 e. The van der Waals surface area contributed by atoms with Gasteiger partial charge in [0.2, 0.25) is 0 Å². The quantitative estimate of drug-likeness (QED) is 0.760. The third kappa shape index (κ3) is 2.30. The molecule has 4 heteroatoms. The van der Waals surface area contributed by atoms with Crippen LogP contribution in [0.1, 0.15) is 34.4 Å². The number of furan rings is 1. The highest BCUT2D eigenvalue weighted by atomic mass is 16.3. The van der Waals surface area contributed by atoms with Gasteiger partial charge < -0.3 is 4.42 Å². The predicted molar refractivity (Wildman–Crippen MR) is 64.1 cm³/mol. The van der Waals surface area contributed by atoms with Crippen molar-refractivity contribution in [2.24, 2.45) is 7.05 Å². The van der Waals surface area contributed by atoms with Gasteiger partial charge in [0.1, 0.15) is 5.76 Å². The second-order valence-corrected chi connectivity index (χ2v) is 4.11. The molecule has 0 aliphatic carbocycles. The molecule has 4 nitrogen and oxygen atoms in total. The van der Waals surface area contributed by atoms with Gasteiger partial charge in [0.25, 0.3) is 0 Å². The van der Waals surface area contributed by atoms with Gasteiger partial charge in [-0.15, -0.1) is 0 Å². The number of Topliss-reactive ketones (excluding diaryl/α,β-unsaturated/α-hetero) is 1. The minimum atomic E-state index is 0.0820.